The molecule has 2 heteroatoms. The van der Waals surface area contributed by atoms with Gasteiger partial charge in [-0.05, 0) is 62.0 Å². The van der Waals surface area contributed by atoms with Crippen molar-refractivity contribution in [3.63, 3.8) is 0 Å². The molecule has 0 aliphatic heterocycles. The Bertz CT molecular complexity index is 2390. The first-order valence-corrected chi connectivity index (χ1v) is 15.1. The van der Waals surface area contributed by atoms with E-state index in [2.05, 4.69) is 146 Å². The van der Waals surface area contributed by atoms with Crippen LogP contribution in [0.5, 0.6) is 0 Å². The SMILES string of the molecule is c1ccc(-c2sc3ccc4c5ccccc5oc4c3c2-c2c3ccccc3c(-c3ccccc3)c3ccccc23)cc1. The molecule has 2 heterocycles. The van der Waals surface area contributed by atoms with Crippen LogP contribution >= 0.6 is 11.3 Å². The quantitative estimate of drug-likeness (QED) is 0.199. The van der Waals surface area contributed by atoms with Gasteiger partial charge in [-0.25, -0.2) is 0 Å². The van der Waals surface area contributed by atoms with Gasteiger partial charge in [0, 0.05) is 31.3 Å². The highest BCUT2D eigenvalue weighted by atomic mass is 32.1. The summed E-state index contributed by atoms with van der Waals surface area (Å²) in [5, 5.41) is 8.52. The van der Waals surface area contributed by atoms with Gasteiger partial charge in [0.05, 0.1) is 0 Å². The Balaban J connectivity index is 1.53. The predicted molar refractivity (Wildman–Crippen MR) is 180 cm³/mol. The first-order valence-electron chi connectivity index (χ1n) is 14.3. The number of hydrogen-bond acceptors (Lipinski definition) is 2. The van der Waals surface area contributed by atoms with Gasteiger partial charge in [-0.1, -0.05) is 127 Å². The molecule has 0 radical (unpaired) electrons. The third-order valence-electron chi connectivity index (χ3n) is 8.48. The van der Waals surface area contributed by atoms with E-state index in [1.807, 2.05) is 11.3 Å². The molecule has 7 aromatic carbocycles. The van der Waals surface area contributed by atoms with Crippen LogP contribution in [-0.4, -0.2) is 0 Å². The zero-order valence-electron chi connectivity index (χ0n) is 22.7. The summed E-state index contributed by atoms with van der Waals surface area (Å²) < 4.78 is 7.93. The number of fused-ring (bicyclic) bond motifs is 7. The van der Waals surface area contributed by atoms with Crippen molar-refractivity contribution in [3.05, 3.63) is 146 Å². The molecule has 2 aromatic heterocycles. The first-order chi connectivity index (χ1) is 20.9. The normalized spacial score (nSPS) is 11.8. The van der Waals surface area contributed by atoms with E-state index in [9.17, 15) is 0 Å². The van der Waals surface area contributed by atoms with Crippen molar-refractivity contribution < 1.29 is 4.42 Å². The van der Waals surface area contributed by atoms with Crippen LogP contribution in [0.25, 0.3) is 86.3 Å². The molecule has 0 amide bonds. The Morgan fingerprint density at radius 3 is 1.55 bits per heavy atom. The summed E-state index contributed by atoms with van der Waals surface area (Å²) in [5.41, 5.74) is 8.12. The lowest BCUT2D eigenvalue weighted by Crippen LogP contribution is -1.91. The molecule has 0 spiro atoms. The minimum Gasteiger partial charge on any atom is -0.455 e. The summed E-state index contributed by atoms with van der Waals surface area (Å²) in [6, 6.07) is 52.3. The third kappa shape index (κ3) is 3.36. The number of benzene rings is 7. The largest absolute Gasteiger partial charge is 0.455 e. The molecule has 42 heavy (non-hydrogen) atoms. The Morgan fingerprint density at radius 1 is 0.381 bits per heavy atom. The number of thiophene rings is 1. The second-order valence-electron chi connectivity index (χ2n) is 10.8. The van der Waals surface area contributed by atoms with Gasteiger partial charge in [-0.15, -0.1) is 11.3 Å². The maximum absolute atomic E-state index is 6.70. The van der Waals surface area contributed by atoms with Crippen molar-refractivity contribution in [2.45, 2.75) is 0 Å². The molecule has 0 saturated heterocycles. The van der Waals surface area contributed by atoms with Gasteiger partial charge in [0.15, 0.2) is 0 Å². The van der Waals surface area contributed by atoms with Crippen LogP contribution in [0.2, 0.25) is 0 Å². The van der Waals surface area contributed by atoms with Crippen molar-refractivity contribution in [1.29, 1.82) is 0 Å². The smallest absolute Gasteiger partial charge is 0.144 e. The van der Waals surface area contributed by atoms with Crippen LogP contribution in [0, 0.1) is 0 Å². The molecule has 196 valence electrons. The summed E-state index contributed by atoms with van der Waals surface area (Å²) in [6.07, 6.45) is 0. The van der Waals surface area contributed by atoms with Gasteiger partial charge >= 0.3 is 0 Å². The number of rotatable bonds is 3. The fraction of sp³-hybridized carbons (Fsp3) is 0. The lowest BCUT2D eigenvalue weighted by atomic mass is 9.84. The Morgan fingerprint density at radius 2 is 0.905 bits per heavy atom. The number of para-hydroxylation sites is 1. The third-order valence-corrected chi connectivity index (χ3v) is 9.68. The summed E-state index contributed by atoms with van der Waals surface area (Å²) in [6.45, 7) is 0. The topological polar surface area (TPSA) is 13.1 Å². The van der Waals surface area contributed by atoms with E-state index >= 15 is 0 Å². The predicted octanol–water partition coefficient (Wildman–Crippen LogP) is 12.1. The van der Waals surface area contributed by atoms with Gasteiger partial charge in [0.2, 0.25) is 0 Å². The van der Waals surface area contributed by atoms with Crippen LogP contribution in [0.1, 0.15) is 0 Å². The first kappa shape index (κ1) is 23.5. The average molecular weight is 553 g/mol. The van der Waals surface area contributed by atoms with E-state index in [-0.39, 0.29) is 0 Å². The molecule has 0 atom stereocenters. The maximum atomic E-state index is 6.70. The minimum atomic E-state index is 0.924. The van der Waals surface area contributed by atoms with Gasteiger partial charge in [-0.2, -0.15) is 0 Å². The molecule has 9 rings (SSSR count). The van der Waals surface area contributed by atoms with Crippen LogP contribution in [-0.2, 0) is 0 Å². The van der Waals surface area contributed by atoms with Crippen LogP contribution < -0.4 is 0 Å². The Labute approximate surface area is 246 Å². The van der Waals surface area contributed by atoms with E-state index in [4.69, 9.17) is 4.42 Å². The summed E-state index contributed by atoms with van der Waals surface area (Å²) in [5.74, 6) is 0. The monoisotopic (exact) mass is 552 g/mol. The van der Waals surface area contributed by atoms with Crippen molar-refractivity contribution in [3.8, 4) is 32.7 Å². The summed E-state index contributed by atoms with van der Waals surface area (Å²) in [7, 11) is 0. The molecule has 0 N–H and O–H groups in total. The van der Waals surface area contributed by atoms with Gasteiger partial charge < -0.3 is 4.42 Å². The molecule has 0 bridgehead atoms. The summed E-state index contributed by atoms with van der Waals surface area (Å²) >= 11 is 1.85. The number of hydrogen-bond donors (Lipinski definition) is 0. The van der Waals surface area contributed by atoms with E-state index in [0.717, 1.165) is 21.9 Å². The highest BCUT2D eigenvalue weighted by Gasteiger charge is 2.25. The molecular weight excluding hydrogens is 529 g/mol. The standard InChI is InChI=1S/C40H24OS/c1-3-13-25(14-4-1)35-28-18-7-9-20-30(28)36(31-21-10-8-19-29(31)35)38-37-34(42-40(38)26-15-5-2-6-16-26)24-23-32-27-17-11-12-22-33(27)41-39(32)37/h1-24H. The molecule has 9 aromatic rings. The second-order valence-corrected chi connectivity index (χ2v) is 11.8. The average Bonchev–Trinajstić information content (AvgIpc) is 3.63. The van der Waals surface area contributed by atoms with E-state index < -0.39 is 0 Å². The molecule has 0 aliphatic carbocycles. The highest BCUT2D eigenvalue weighted by Crippen LogP contribution is 2.53. The van der Waals surface area contributed by atoms with Gasteiger partial charge in [-0.3, -0.25) is 0 Å². The fourth-order valence-electron chi connectivity index (χ4n) is 6.71. The van der Waals surface area contributed by atoms with E-state index in [1.165, 1.54) is 64.3 Å². The van der Waals surface area contributed by atoms with Crippen LogP contribution in [0.4, 0.5) is 0 Å². The van der Waals surface area contributed by atoms with Crippen molar-refractivity contribution in [1.82, 2.24) is 0 Å². The van der Waals surface area contributed by atoms with Crippen molar-refractivity contribution in [2.75, 3.05) is 0 Å². The van der Waals surface area contributed by atoms with Gasteiger partial charge in [0.25, 0.3) is 0 Å². The van der Waals surface area contributed by atoms with E-state index in [1.54, 1.807) is 0 Å². The van der Waals surface area contributed by atoms with Crippen molar-refractivity contribution >= 4 is 64.9 Å². The highest BCUT2D eigenvalue weighted by molar-refractivity contribution is 7.23. The Hall–Kier alpha value is -5.18. The lowest BCUT2D eigenvalue weighted by Gasteiger charge is -2.18. The molecule has 0 saturated carbocycles. The molecule has 0 fully saturated rings. The van der Waals surface area contributed by atoms with Gasteiger partial charge in [0.1, 0.15) is 11.2 Å². The Kier molecular flexibility index (Phi) is 5.13. The lowest BCUT2D eigenvalue weighted by molar-refractivity contribution is 0.673. The van der Waals surface area contributed by atoms with Crippen LogP contribution in [0.3, 0.4) is 0 Å². The fourth-order valence-corrected chi connectivity index (χ4v) is 7.92. The zero-order valence-corrected chi connectivity index (χ0v) is 23.5. The van der Waals surface area contributed by atoms with E-state index in [0.29, 0.717) is 0 Å². The summed E-state index contributed by atoms with van der Waals surface area (Å²) in [4.78, 5) is 1.27. The molecule has 0 aliphatic rings. The van der Waals surface area contributed by atoms with Crippen LogP contribution in [0.15, 0.2) is 150 Å². The molecule has 0 unspecified atom stereocenters. The maximum Gasteiger partial charge on any atom is 0.144 e. The minimum absolute atomic E-state index is 0.924. The van der Waals surface area contributed by atoms with Crippen molar-refractivity contribution in [2.24, 2.45) is 0 Å². The molecule has 1 nitrogen and oxygen atoms in total. The molecular formula is C40H24OS. The zero-order chi connectivity index (χ0) is 27.6. The second kappa shape index (κ2) is 9.17. The number of furan rings is 1.